The molecule has 0 saturated carbocycles. The highest BCUT2D eigenvalue weighted by atomic mass is 16.5. The molecule has 0 aliphatic carbocycles. The number of aliphatic hydroxyl groups excluding tert-OH is 1. The first kappa shape index (κ1) is 14.3. The molecular formula is C15H24N2O2. The van der Waals surface area contributed by atoms with Crippen LogP contribution in [0.1, 0.15) is 18.9 Å². The van der Waals surface area contributed by atoms with E-state index >= 15 is 0 Å². The summed E-state index contributed by atoms with van der Waals surface area (Å²) in [6.45, 7) is 6.80. The lowest BCUT2D eigenvalue weighted by atomic mass is 10.2. The van der Waals surface area contributed by atoms with Gasteiger partial charge >= 0.3 is 0 Å². The van der Waals surface area contributed by atoms with Crippen molar-refractivity contribution >= 4 is 0 Å². The van der Waals surface area contributed by atoms with Gasteiger partial charge in [0, 0.05) is 32.2 Å². The van der Waals surface area contributed by atoms with Crippen LogP contribution in [0.5, 0.6) is 5.75 Å². The molecule has 1 atom stereocenters. The van der Waals surface area contributed by atoms with Crippen LogP contribution in [0.4, 0.5) is 0 Å². The molecule has 0 radical (unpaired) electrons. The highest BCUT2D eigenvalue weighted by Gasteiger charge is 2.21. The van der Waals surface area contributed by atoms with Crippen LogP contribution >= 0.6 is 0 Å². The Morgan fingerprint density at radius 1 is 1.37 bits per heavy atom. The Bertz CT molecular complexity index is 367. The fourth-order valence-corrected chi connectivity index (χ4v) is 2.53. The third-order valence-electron chi connectivity index (χ3n) is 3.46. The molecule has 19 heavy (non-hydrogen) atoms. The van der Waals surface area contributed by atoms with Crippen molar-refractivity contribution in [2.24, 2.45) is 0 Å². The average Bonchev–Trinajstić information content (AvgIpc) is 2.87. The molecule has 4 nitrogen and oxygen atoms in total. The summed E-state index contributed by atoms with van der Waals surface area (Å²) in [5, 5.41) is 12.2. The van der Waals surface area contributed by atoms with Crippen molar-refractivity contribution in [2.45, 2.75) is 25.9 Å². The summed E-state index contributed by atoms with van der Waals surface area (Å²) in [4.78, 5) is 2.45. The van der Waals surface area contributed by atoms with Gasteiger partial charge in [-0.05, 0) is 31.0 Å². The molecule has 0 bridgehead atoms. The van der Waals surface area contributed by atoms with Crippen molar-refractivity contribution in [1.82, 2.24) is 10.2 Å². The monoisotopic (exact) mass is 264 g/mol. The molecule has 106 valence electrons. The zero-order valence-electron chi connectivity index (χ0n) is 11.6. The van der Waals surface area contributed by atoms with E-state index < -0.39 is 0 Å². The summed E-state index contributed by atoms with van der Waals surface area (Å²) in [5.74, 6) is 0.940. The summed E-state index contributed by atoms with van der Waals surface area (Å²) in [6.07, 6.45) is 1.16. The Kier molecular flexibility index (Phi) is 5.63. The van der Waals surface area contributed by atoms with E-state index in [0.29, 0.717) is 19.2 Å². The molecule has 1 saturated heterocycles. The summed E-state index contributed by atoms with van der Waals surface area (Å²) < 4.78 is 5.44. The van der Waals surface area contributed by atoms with Crippen LogP contribution < -0.4 is 10.1 Å². The van der Waals surface area contributed by atoms with Crippen LogP contribution in [-0.2, 0) is 6.54 Å². The van der Waals surface area contributed by atoms with E-state index in [-0.39, 0.29) is 6.61 Å². The van der Waals surface area contributed by atoms with Crippen LogP contribution in [0, 0.1) is 0 Å². The minimum absolute atomic E-state index is 0.218. The van der Waals surface area contributed by atoms with Gasteiger partial charge in [0.25, 0.3) is 0 Å². The lowest BCUT2D eigenvalue weighted by Crippen LogP contribution is -2.34. The molecule has 1 fully saturated rings. The molecule has 1 aliphatic heterocycles. The van der Waals surface area contributed by atoms with Crippen molar-refractivity contribution in [3.8, 4) is 5.75 Å². The van der Waals surface area contributed by atoms with Gasteiger partial charge in [0.15, 0.2) is 0 Å². The predicted octanol–water partition coefficient (Wildman–Crippen LogP) is 1.24. The highest BCUT2D eigenvalue weighted by molar-refractivity contribution is 5.27. The number of likely N-dealkylation sites (tertiary alicyclic amines) is 1. The number of rotatable bonds is 7. The summed E-state index contributed by atoms with van der Waals surface area (Å²) in [7, 11) is 0. The zero-order valence-corrected chi connectivity index (χ0v) is 11.6. The largest absolute Gasteiger partial charge is 0.494 e. The second-order valence-corrected chi connectivity index (χ2v) is 4.98. The topological polar surface area (TPSA) is 44.7 Å². The Morgan fingerprint density at radius 2 is 2.16 bits per heavy atom. The molecule has 1 aromatic rings. The van der Waals surface area contributed by atoms with Crippen LogP contribution in [0.2, 0.25) is 0 Å². The minimum Gasteiger partial charge on any atom is -0.494 e. The van der Waals surface area contributed by atoms with Gasteiger partial charge in [0.2, 0.25) is 0 Å². The smallest absolute Gasteiger partial charge is 0.119 e. The quantitative estimate of drug-likeness (QED) is 0.778. The first-order valence-electron chi connectivity index (χ1n) is 7.10. The molecule has 1 unspecified atom stereocenters. The van der Waals surface area contributed by atoms with E-state index in [0.717, 1.165) is 31.8 Å². The second-order valence-electron chi connectivity index (χ2n) is 4.98. The van der Waals surface area contributed by atoms with E-state index in [4.69, 9.17) is 9.84 Å². The summed E-state index contributed by atoms with van der Waals surface area (Å²) >= 11 is 0. The van der Waals surface area contributed by atoms with Crippen molar-refractivity contribution < 1.29 is 9.84 Å². The molecule has 2 N–H and O–H groups in total. The fourth-order valence-electron chi connectivity index (χ4n) is 2.53. The Morgan fingerprint density at radius 3 is 2.84 bits per heavy atom. The van der Waals surface area contributed by atoms with Crippen LogP contribution in [0.3, 0.4) is 0 Å². The number of nitrogens with zero attached hydrogens (tertiary/aromatic N) is 1. The van der Waals surface area contributed by atoms with E-state index in [1.807, 2.05) is 19.1 Å². The third kappa shape index (κ3) is 4.49. The maximum Gasteiger partial charge on any atom is 0.119 e. The maximum absolute atomic E-state index is 8.81. The number of aliphatic hydroxyl groups is 1. The van der Waals surface area contributed by atoms with Gasteiger partial charge < -0.3 is 15.2 Å². The maximum atomic E-state index is 8.81. The SMILES string of the molecule is CCOc1ccc(CN2CCC(NCCO)C2)cc1. The van der Waals surface area contributed by atoms with E-state index in [9.17, 15) is 0 Å². The molecule has 2 rings (SSSR count). The zero-order chi connectivity index (χ0) is 13.5. The first-order valence-corrected chi connectivity index (χ1v) is 7.10. The predicted molar refractivity (Wildman–Crippen MR) is 76.4 cm³/mol. The molecule has 0 spiro atoms. The van der Waals surface area contributed by atoms with Crippen LogP contribution in [0.15, 0.2) is 24.3 Å². The number of benzene rings is 1. The number of ether oxygens (including phenoxy) is 1. The molecule has 1 aliphatic rings. The molecule has 1 heterocycles. The van der Waals surface area contributed by atoms with Crippen molar-refractivity contribution in [3.63, 3.8) is 0 Å². The standard InChI is InChI=1S/C15H24N2O2/c1-2-19-15-5-3-13(4-6-15)11-17-9-7-14(12-17)16-8-10-18/h3-6,14,16,18H,2,7-12H2,1H3. The van der Waals surface area contributed by atoms with E-state index in [1.54, 1.807) is 0 Å². The van der Waals surface area contributed by atoms with Gasteiger partial charge in [-0.1, -0.05) is 12.1 Å². The molecule has 0 aromatic heterocycles. The van der Waals surface area contributed by atoms with Crippen LogP contribution in [-0.4, -0.2) is 48.9 Å². The Hall–Kier alpha value is -1.10. The van der Waals surface area contributed by atoms with Crippen LogP contribution in [0.25, 0.3) is 0 Å². The van der Waals surface area contributed by atoms with Crippen molar-refractivity contribution in [1.29, 1.82) is 0 Å². The molecule has 0 amide bonds. The first-order chi connectivity index (χ1) is 9.31. The van der Waals surface area contributed by atoms with Gasteiger partial charge in [-0.3, -0.25) is 4.90 Å². The summed E-state index contributed by atoms with van der Waals surface area (Å²) in [6, 6.07) is 8.88. The number of hydrogen-bond donors (Lipinski definition) is 2. The van der Waals surface area contributed by atoms with Gasteiger partial charge in [-0.2, -0.15) is 0 Å². The molecule has 1 aromatic carbocycles. The van der Waals surface area contributed by atoms with Gasteiger partial charge in [-0.15, -0.1) is 0 Å². The van der Waals surface area contributed by atoms with E-state index in [1.165, 1.54) is 5.56 Å². The van der Waals surface area contributed by atoms with Crippen molar-refractivity contribution in [3.05, 3.63) is 29.8 Å². The summed E-state index contributed by atoms with van der Waals surface area (Å²) in [5.41, 5.74) is 1.33. The van der Waals surface area contributed by atoms with E-state index in [2.05, 4.69) is 22.3 Å². The Labute approximate surface area is 115 Å². The average molecular weight is 264 g/mol. The lowest BCUT2D eigenvalue weighted by molar-refractivity contribution is 0.278. The third-order valence-corrected chi connectivity index (χ3v) is 3.46. The normalized spacial score (nSPS) is 19.8. The second kappa shape index (κ2) is 7.48. The van der Waals surface area contributed by atoms with Gasteiger partial charge in [0.05, 0.1) is 13.2 Å². The Balaban J connectivity index is 1.78. The lowest BCUT2D eigenvalue weighted by Gasteiger charge is -2.16. The van der Waals surface area contributed by atoms with Gasteiger partial charge in [-0.25, -0.2) is 0 Å². The van der Waals surface area contributed by atoms with Crippen molar-refractivity contribution in [2.75, 3.05) is 32.8 Å². The minimum atomic E-state index is 0.218. The number of hydrogen-bond acceptors (Lipinski definition) is 4. The molecule has 4 heteroatoms. The number of nitrogens with one attached hydrogen (secondary N) is 1. The molecular weight excluding hydrogens is 240 g/mol. The van der Waals surface area contributed by atoms with Gasteiger partial charge in [0.1, 0.15) is 5.75 Å². The highest BCUT2D eigenvalue weighted by Crippen LogP contribution is 2.16. The fraction of sp³-hybridized carbons (Fsp3) is 0.600.